The number of imidazole rings is 1. The Morgan fingerprint density at radius 3 is 2.57 bits per heavy atom. The summed E-state index contributed by atoms with van der Waals surface area (Å²) in [7, 11) is 0. The molecule has 2 aromatic rings. The number of anilines is 2. The van der Waals surface area contributed by atoms with Crippen molar-refractivity contribution in [2.24, 2.45) is 0 Å². The number of hydrogen-bond donors (Lipinski definition) is 1. The highest BCUT2D eigenvalue weighted by Gasteiger charge is 2.19. The molecule has 1 aliphatic rings. The average Bonchev–Trinajstić information content (AvgIpc) is 2.84. The minimum absolute atomic E-state index is 0.605. The molecule has 1 heterocycles. The number of nitrogens with one attached hydrogen (secondary N) is 1. The Kier molecular flexibility index (Phi) is 4.00. The minimum Gasteiger partial charge on any atom is -0.325 e. The highest BCUT2D eigenvalue weighted by atomic mass is 15.2. The lowest BCUT2D eigenvalue weighted by Gasteiger charge is -2.25. The second-order valence-corrected chi connectivity index (χ2v) is 6.35. The molecule has 3 heteroatoms. The Bertz CT molecular complexity index is 621. The summed E-state index contributed by atoms with van der Waals surface area (Å²) in [6.07, 6.45) is 8.80. The Labute approximate surface area is 127 Å². The Morgan fingerprint density at radius 2 is 1.86 bits per heavy atom. The summed E-state index contributed by atoms with van der Waals surface area (Å²) in [5, 5.41) is 3.54. The minimum atomic E-state index is 0.605. The van der Waals surface area contributed by atoms with E-state index in [-0.39, 0.29) is 0 Å². The number of aryl methyl sites for hydroxylation is 3. The van der Waals surface area contributed by atoms with Crippen molar-refractivity contribution in [1.29, 1.82) is 0 Å². The van der Waals surface area contributed by atoms with Crippen molar-refractivity contribution in [3.05, 3.63) is 41.2 Å². The lowest BCUT2D eigenvalue weighted by atomic mass is 9.95. The summed E-state index contributed by atoms with van der Waals surface area (Å²) < 4.78 is 2.35. The van der Waals surface area contributed by atoms with Gasteiger partial charge in [-0.3, -0.25) is 0 Å². The van der Waals surface area contributed by atoms with Crippen LogP contribution in [0.4, 0.5) is 11.6 Å². The summed E-state index contributed by atoms with van der Waals surface area (Å²) in [6.45, 7) is 6.35. The van der Waals surface area contributed by atoms with Gasteiger partial charge in [-0.15, -0.1) is 0 Å². The van der Waals surface area contributed by atoms with Crippen LogP contribution < -0.4 is 5.32 Å². The highest BCUT2D eigenvalue weighted by molar-refractivity contribution is 5.59. The Hall–Kier alpha value is -1.77. The van der Waals surface area contributed by atoms with Crippen LogP contribution in [0.15, 0.2) is 24.4 Å². The average molecular weight is 283 g/mol. The van der Waals surface area contributed by atoms with Crippen molar-refractivity contribution in [2.75, 3.05) is 5.32 Å². The molecule has 0 radical (unpaired) electrons. The first-order valence-corrected chi connectivity index (χ1v) is 8.03. The zero-order valence-corrected chi connectivity index (χ0v) is 13.3. The van der Waals surface area contributed by atoms with E-state index in [1.807, 2.05) is 0 Å². The van der Waals surface area contributed by atoms with Crippen molar-refractivity contribution in [1.82, 2.24) is 9.55 Å². The van der Waals surface area contributed by atoms with Gasteiger partial charge in [0.2, 0.25) is 5.95 Å². The maximum atomic E-state index is 4.70. The molecule has 1 aliphatic carbocycles. The molecule has 0 amide bonds. The highest BCUT2D eigenvalue weighted by Crippen LogP contribution is 2.32. The molecule has 3 rings (SSSR count). The molecule has 1 N–H and O–H groups in total. The largest absolute Gasteiger partial charge is 0.325 e. The summed E-state index contributed by atoms with van der Waals surface area (Å²) in [5.41, 5.74) is 4.81. The van der Waals surface area contributed by atoms with Crippen LogP contribution in [0.1, 0.15) is 55.0 Å². The van der Waals surface area contributed by atoms with Crippen LogP contribution in [0, 0.1) is 20.8 Å². The van der Waals surface area contributed by atoms with Gasteiger partial charge >= 0.3 is 0 Å². The van der Waals surface area contributed by atoms with Crippen LogP contribution in [-0.2, 0) is 0 Å². The van der Waals surface area contributed by atoms with Crippen LogP contribution in [-0.4, -0.2) is 9.55 Å². The molecular formula is C18H25N3. The van der Waals surface area contributed by atoms with Crippen LogP contribution in [0.25, 0.3) is 0 Å². The molecule has 0 bridgehead atoms. The van der Waals surface area contributed by atoms with Gasteiger partial charge in [-0.25, -0.2) is 4.98 Å². The molecule has 3 nitrogen and oxygen atoms in total. The van der Waals surface area contributed by atoms with E-state index in [2.05, 4.69) is 55.1 Å². The van der Waals surface area contributed by atoms with Gasteiger partial charge < -0.3 is 9.88 Å². The number of aromatic nitrogens is 2. The molecule has 112 valence electrons. The quantitative estimate of drug-likeness (QED) is 0.853. The lowest BCUT2D eigenvalue weighted by molar-refractivity contribution is 0.356. The number of rotatable bonds is 3. The molecule has 1 fully saturated rings. The fourth-order valence-electron chi connectivity index (χ4n) is 3.32. The predicted octanol–water partition coefficient (Wildman–Crippen LogP) is 5.06. The van der Waals surface area contributed by atoms with Gasteiger partial charge in [0.15, 0.2) is 0 Å². The zero-order valence-electron chi connectivity index (χ0n) is 13.3. The molecule has 0 aliphatic heterocycles. The maximum absolute atomic E-state index is 4.70. The van der Waals surface area contributed by atoms with E-state index in [1.54, 1.807) is 0 Å². The van der Waals surface area contributed by atoms with E-state index >= 15 is 0 Å². The number of benzene rings is 1. The van der Waals surface area contributed by atoms with E-state index in [1.165, 1.54) is 43.2 Å². The molecule has 21 heavy (non-hydrogen) atoms. The Balaban J connectivity index is 1.87. The maximum Gasteiger partial charge on any atom is 0.207 e. The second kappa shape index (κ2) is 5.92. The summed E-state index contributed by atoms with van der Waals surface area (Å²) in [5.74, 6) is 0.992. The van der Waals surface area contributed by atoms with Crippen molar-refractivity contribution in [3.63, 3.8) is 0 Å². The molecule has 1 aromatic heterocycles. The topological polar surface area (TPSA) is 29.9 Å². The summed E-state index contributed by atoms with van der Waals surface area (Å²) in [6, 6.07) is 7.12. The van der Waals surface area contributed by atoms with E-state index in [4.69, 9.17) is 4.98 Å². The van der Waals surface area contributed by atoms with Crippen LogP contribution in [0.5, 0.6) is 0 Å². The monoisotopic (exact) mass is 283 g/mol. The SMILES string of the molecule is Cc1ccc(Nc2nc(C)cn2C2CCCCC2)c(C)c1. The van der Waals surface area contributed by atoms with Gasteiger partial charge in [0.1, 0.15) is 0 Å². The molecule has 0 unspecified atom stereocenters. The van der Waals surface area contributed by atoms with Gasteiger partial charge in [-0.2, -0.15) is 0 Å². The van der Waals surface area contributed by atoms with E-state index < -0.39 is 0 Å². The number of nitrogens with zero attached hydrogens (tertiary/aromatic N) is 2. The van der Waals surface area contributed by atoms with Crippen molar-refractivity contribution < 1.29 is 0 Å². The molecular weight excluding hydrogens is 258 g/mol. The third-order valence-corrected chi connectivity index (χ3v) is 4.45. The molecule has 0 atom stereocenters. The van der Waals surface area contributed by atoms with Gasteiger partial charge in [0.25, 0.3) is 0 Å². The second-order valence-electron chi connectivity index (χ2n) is 6.35. The molecule has 1 aromatic carbocycles. The molecule has 0 spiro atoms. The molecule has 0 saturated heterocycles. The smallest absolute Gasteiger partial charge is 0.207 e. The van der Waals surface area contributed by atoms with Crippen molar-refractivity contribution >= 4 is 11.6 Å². The summed E-state index contributed by atoms with van der Waals surface area (Å²) in [4.78, 5) is 4.70. The third kappa shape index (κ3) is 3.12. The van der Waals surface area contributed by atoms with Gasteiger partial charge in [-0.1, -0.05) is 37.0 Å². The first kappa shape index (κ1) is 14.2. The van der Waals surface area contributed by atoms with Crippen LogP contribution >= 0.6 is 0 Å². The summed E-state index contributed by atoms with van der Waals surface area (Å²) >= 11 is 0. The number of hydrogen-bond acceptors (Lipinski definition) is 2. The fourth-order valence-corrected chi connectivity index (χ4v) is 3.32. The normalized spacial score (nSPS) is 16.1. The first-order chi connectivity index (χ1) is 10.1. The van der Waals surface area contributed by atoms with Gasteiger partial charge in [0.05, 0.1) is 5.69 Å². The van der Waals surface area contributed by atoms with Gasteiger partial charge in [-0.05, 0) is 45.2 Å². The Morgan fingerprint density at radius 1 is 1.10 bits per heavy atom. The van der Waals surface area contributed by atoms with Gasteiger partial charge in [0, 0.05) is 17.9 Å². The van der Waals surface area contributed by atoms with Crippen LogP contribution in [0.2, 0.25) is 0 Å². The molecule has 1 saturated carbocycles. The fraction of sp³-hybridized carbons (Fsp3) is 0.500. The van der Waals surface area contributed by atoms with Crippen molar-refractivity contribution in [2.45, 2.75) is 58.9 Å². The van der Waals surface area contributed by atoms with Crippen molar-refractivity contribution in [3.8, 4) is 0 Å². The van der Waals surface area contributed by atoms with E-state index in [0.717, 1.165) is 17.3 Å². The zero-order chi connectivity index (χ0) is 14.8. The first-order valence-electron chi connectivity index (χ1n) is 8.03. The van der Waals surface area contributed by atoms with Crippen LogP contribution in [0.3, 0.4) is 0 Å². The lowest BCUT2D eigenvalue weighted by Crippen LogP contribution is -2.14. The third-order valence-electron chi connectivity index (χ3n) is 4.45. The van der Waals surface area contributed by atoms with E-state index in [0.29, 0.717) is 6.04 Å². The van der Waals surface area contributed by atoms with E-state index in [9.17, 15) is 0 Å². The predicted molar refractivity (Wildman–Crippen MR) is 88.3 cm³/mol. The standard InChI is InChI=1S/C18H25N3/c1-13-9-10-17(14(2)11-13)20-18-19-15(3)12-21(18)16-7-5-4-6-8-16/h9-12,16H,4-8H2,1-3H3,(H,19,20).